The van der Waals surface area contributed by atoms with Crippen molar-refractivity contribution in [3.8, 4) is 0 Å². The van der Waals surface area contributed by atoms with E-state index in [0.29, 0.717) is 19.4 Å². The maximum atomic E-state index is 12.8. The zero-order valence-electron chi connectivity index (χ0n) is 44.1. The number of hydrogen-bond donors (Lipinski definition) is 0. The van der Waals surface area contributed by atoms with Gasteiger partial charge in [0.2, 0.25) is 0 Å². The predicted octanol–water partition coefficient (Wildman–Crippen LogP) is 19.1. The SMILES string of the molecule is CC/C=C\C/C=C\C/C=C\C/C=C\C/C=C\CCCCOCC(COC(=O)CCCCCCCC/C=C\C/C=C\C/C=C\CCCCC)OC(=O)CCCCCCC/C=C\C/C=C\C/C=C\CC. The van der Waals surface area contributed by atoms with Crippen molar-refractivity contribution < 1.29 is 23.8 Å². The number of carbonyl (C=O) groups excluding carboxylic acids is 2. The number of carbonyl (C=O) groups is 2. The second-order valence-corrected chi connectivity index (χ2v) is 17.7. The molecule has 0 bridgehead atoms. The minimum Gasteiger partial charge on any atom is -0.462 e. The van der Waals surface area contributed by atoms with E-state index in [1.165, 1.54) is 57.8 Å². The Morgan fingerprint density at radius 3 is 1.06 bits per heavy atom. The summed E-state index contributed by atoms with van der Waals surface area (Å²) in [6.07, 6.45) is 81.8. The minimum absolute atomic E-state index is 0.0449. The molecule has 5 heteroatoms. The number of allylic oxidation sites excluding steroid dienone is 22. The molecular formula is C63H102O5. The van der Waals surface area contributed by atoms with Gasteiger partial charge in [-0.2, -0.15) is 0 Å². The molecule has 0 heterocycles. The third kappa shape index (κ3) is 54.6. The third-order valence-corrected chi connectivity index (χ3v) is 11.2. The highest BCUT2D eigenvalue weighted by molar-refractivity contribution is 5.70. The van der Waals surface area contributed by atoms with Crippen molar-refractivity contribution in [2.24, 2.45) is 0 Å². The number of ether oxygens (including phenoxy) is 3. The molecule has 0 aliphatic rings. The minimum atomic E-state index is -0.584. The standard InChI is InChI=1S/C63H102O5/c1-4-7-10-13-16-19-22-25-28-30-32-33-36-38-41-44-47-50-53-56-62(64)67-60-61(68-63(65)57-54-51-48-45-42-39-35-27-24-21-18-15-12-9-6-3)59-66-58-55-52-49-46-43-40-37-34-31-29-26-23-20-17-14-11-8-5-2/h8-9,11-12,16-21,25-29,32-35,37,43,46,61H,4-7,10,13-15,22-24,30-31,36,38-42,44-45,47-60H2,1-3H3/b11-8-,12-9-,19-16-,20-17-,21-18-,28-25-,29-26-,33-32-,35-27-,37-34-,46-43-. The summed E-state index contributed by atoms with van der Waals surface area (Å²) in [6, 6.07) is 0. The Hall–Kier alpha value is -3.96. The molecule has 68 heavy (non-hydrogen) atoms. The number of hydrogen-bond acceptors (Lipinski definition) is 5. The van der Waals surface area contributed by atoms with Gasteiger partial charge in [0.05, 0.1) is 6.61 Å². The van der Waals surface area contributed by atoms with Crippen LogP contribution in [-0.4, -0.2) is 37.9 Å². The highest BCUT2D eigenvalue weighted by Crippen LogP contribution is 2.13. The molecule has 0 aromatic heterocycles. The molecular weight excluding hydrogens is 837 g/mol. The topological polar surface area (TPSA) is 61.8 Å². The highest BCUT2D eigenvalue weighted by Gasteiger charge is 2.17. The molecule has 0 fully saturated rings. The molecule has 1 atom stereocenters. The van der Waals surface area contributed by atoms with Crippen LogP contribution in [-0.2, 0) is 23.8 Å². The van der Waals surface area contributed by atoms with E-state index < -0.39 is 6.10 Å². The monoisotopic (exact) mass is 939 g/mol. The van der Waals surface area contributed by atoms with Crippen molar-refractivity contribution in [2.45, 2.75) is 232 Å². The summed E-state index contributed by atoms with van der Waals surface area (Å²) >= 11 is 0. The van der Waals surface area contributed by atoms with Crippen molar-refractivity contribution in [1.82, 2.24) is 0 Å². The zero-order valence-corrected chi connectivity index (χ0v) is 44.1. The van der Waals surface area contributed by atoms with Crippen molar-refractivity contribution in [1.29, 1.82) is 0 Å². The molecule has 0 spiro atoms. The third-order valence-electron chi connectivity index (χ3n) is 11.2. The van der Waals surface area contributed by atoms with Gasteiger partial charge in [-0.25, -0.2) is 0 Å². The average Bonchev–Trinajstić information content (AvgIpc) is 3.34. The lowest BCUT2D eigenvalue weighted by Gasteiger charge is -2.18. The largest absolute Gasteiger partial charge is 0.462 e. The molecule has 0 aliphatic heterocycles. The van der Waals surface area contributed by atoms with E-state index in [2.05, 4.69) is 154 Å². The molecule has 0 radical (unpaired) electrons. The first-order valence-corrected chi connectivity index (χ1v) is 27.7. The van der Waals surface area contributed by atoms with Gasteiger partial charge in [0.15, 0.2) is 6.10 Å². The Morgan fingerprint density at radius 1 is 0.338 bits per heavy atom. The number of esters is 2. The fourth-order valence-electron chi connectivity index (χ4n) is 7.09. The van der Waals surface area contributed by atoms with E-state index in [4.69, 9.17) is 14.2 Å². The Morgan fingerprint density at radius 2 is 0.662 bits per heavy atom. The maximum absolute atomic E-state index is 12.8. The van der Waals surface area contributed by atoms with E-state index in [1.807, 2.05) is 0 Å². The van der Waals surface area contributed by atoms with Crippen LogP contribution in [0.1, 0.15) is 226 Å². The molecule has 384 valence electrons. The second-order valence-electron chi connectivity index (χ2n) is 17.7. The van der Waals surface area contributed by atoms with Gasteiger partial charge in [0, 0.05) is 19.4 Å². The van der Waals surface area contributed by atoms with Crippen LogP contribution in [0, 0.1) is 0 Å². The van der Waals surface area contributed by atoms with Crippen molar-refractivity contribution in [3.63, 3.8) is 0 Å². The van der Waals surface area contributed by atoms with Crippen molar-refractivity contribution >= 4 is 11.9 Å². The normalized spacial score (nSPS) is 13.3. The Bertz CT molecular complexity index is 1430. The Balaban J connectivity index is 4.43. The Labute approximate surface area is 419 Å². The van der Waals surface area contributed by atoms with Crippen LogP contribution in [0.4, 0.5) is 0 Å². The molecule has 0 rings (SSSR count). The summed E-state index contributed by atoms with van der Waals surface area (Å²) in [4.78, 5) is 25.5. The molecule has 0 aliphatic carbocycles. The van der Waals surface area contributed by atoms with Gasteiger partial charge in [-0.05, 0) is 135 Å². The molecule has 5 nitrogen and oxygen atoms in total. The second kappa shape index (κ2) is 57.4. The predicted molar refractivity (Wildman–Crippen MR) is 297 cm³/mol. The lowest BCUT2D eigenvalue weighted by atomic mass is 10.1. The summed E-state index contributed by atoms with van der Waals surface area (Å²) in [6.45, 7) is 7.43. The summed E-state index contributed by atoms with van der Waals surface area (Å²) < 4.78 is 17.4. The fraction of sp³-hybridized carbons (Fsp3) is 0.619. The molecule has 1 unspecified atom stereocenters. The van der Waals surface area contributed by atoms with Crippen molar-refractivity contribution in [3.05, 3.63) is 134 Å². The summed E-state index contributed by atoms with van der Waals surface area (Å²) in [7, 11) is 0. The number of rotatable bonds is 49. The number of unbranched alkanes of at least 4 members (excludes halogenated alkanes) is 16. The molecule has 0 N–H and O–H groups in total. The lowest BCUT2D eigenvalue weighted by Crippen LogP contribution is -2.30. The van der Waals surface area contributed by atoms with E-state index in [0.717, 1.165) is 135 Å². The van der Waals surface area contributed by atoms with E-state index in [9.17, 15) is 9.59 Å². The van der Waals surface area contributed by atoms with E-state index >= 15 is 0 Å². The van der Waals surface area contributed by atoms with Gasteiger partial charge >= 0.3 is 11.9 Å². The van der Waals surface area contributed by atoms with Gasteiger partial charge < -0.3 is 14.2 Å². The van der Waals surface area contributed by atoms with Crippen LogP contribution in [0.3, 0.4) is 0 Å². The van der Waals surface area contributed by atoms with Gasteiger partial charge in [0.25, 0.3) is 0 Å². The molecule has 0 saturated carbocycles. The van der Waals surface area contributed by atoms with Crippen LogP contribution in [0.25, 0.3) is 0 Å². The van der Waals surface area contributed by atoms with Gasteiger partial charge in [-0.3, -0.25) is 9.59 Å². The first-order valence-electron chi connectivity index (χ1n) is 27.7. The average molecular weight is 940 g/mol. The highest BCUT2D eigenvalue weighted by atomic mass is 16.6. The summed E-state index contributed by atoms with van der Waals surface area (Å²) in [5, 5.41) is 0. The van der Waals surface area contributed by atoms with E-state index in [1.54, 1.807) is 0 Å². The first-order chi connectivity index (χ1) is 33.6. The van der Waals surface area contributed by atoms with Crippen LogP contribution in [0.15, 0.2) is 134 Å². The summed E-state index contributed by atoms with van der Waals surface area (Å²) in [5.41, 5.74) is 0. The quantitative estimate of drug-likeness (QED) is 0.0345. The smallest absolute Gasteiger partial charge is 0.306 e. The van der Waals surface area contributed by atoms with Gasteiger partial charge in [-0.1, -0.05) is 212 Å². The van der Waals surface area contributed by atoms with Crippen LogP contribution in [0.2, 0.25) is 0 Å². The molecule has 0 aromatic rings. The zero-order chi connectivity index (χ0) is 49.2. The van der Waals surface area contributed by atoms with Crippen LogP contribution >= 0.6 is 0 Å². The van der Waals surface area contributed by atoms with Crippen LogP contribution < -0.4 is 0 Å². The first kappa shape index (κ1) is 64.0. The Kier molecular flexibility index (Phi) is 54.0. The lowest BCUT2D eigenvalue weighted by molar-refractivity contribution is -0.163. The summed E-state index contributed by atoms with van der Waals surface area (Å²) in [5.74, 6) is -0.463. The van der Waals surface area contributed by atoms with Crippen LogP contribution in [0.5, 0.6) is 0 Å². The fourth-order valence-corrected chi connectivity index (χ4v) is 7.09. The van der Waals surface area contributed by atoms with Gasteiger partial charge in [0.1, 0.15) is 6.61 Å². The molecule has 0 aromatic carbocycles. The molecule has 0 saturated heterocycles. The maximum Gasteiger partial charge on any atom is 0.306 e. The van der Waals surface area contributed by atoms with Crippen molar-refractivity contribution in [2.75, 3.05) is 19.8 Å². The van der Waals surface area contributed by atoms with Gasteiger partial charge in [-0.15, -0.1) is 0 Å². The van der Waals surface area contributed by atoms with E-state index in [-0.39, 0.29) is 25.2 Å². The molecule has 0 amide bonds.